The summed E-state index contributed by atoms with van der Waals surface area (Å²) in [6.45, 7) is 11.7. The van der Waals surface area contributed by atoms with E-state index in [4.69, 9.17) is 4.74 Å². The number of ether oxygens (including phenoxy) is 1. The first-order chi connectivity index (χ1) is 14.2. The van der Waals surface area contributed by atoms with Gasteiger partial charge in [-0.05, 0) is 55.8 Å². The summed E-state index contributed by atoms with van der Waals surface area (Å²) in [4.78, 5) is 14.2. The number of para-hydroxylation sites is 1. The molecule has 0 bridgehead atoms. The van der Waals surface area contributed by atoms with Crippen LogP contribution >= 0.6 is 0 Å². The molecule has 1 fully saturated rings. The molecule has 1 aliphatic heterocycles. The van der Waals surface area contributed by atoms with Crippen LogP contribution in [0.25, 0.3) is 0 Å². The molecule has 0 unspecified atom stereocenters. The number of likely N-dealkylation sites (tertiary alicyclic amines) is 1. The Hall–Kier alpha value is -1.60. The quantitative estimate of drug-likeness (QED) is 0.414. The number of sulfonamides is 1. The fraction of sp³-hybridized carbons (Fsp3) is 0.696. The smallest absolute Gasteiger partial charge is 0.323 e. The Labute approximate surface area is 182 Å². The average Bonchev–Trinajstić information content (AvgIpc) is 2.68. The van der Waals surface area contributed by atoms with Crippen LogP contribution in [0.1, 0.15) is 65.4 Å². The second kappa shape index (κ2) is 11.1. The van der Waals surface area contributed by atoms with Crippen LogP contribution in [-0.4, -0.2) is 51.3 Å². The van der Waals surface area contributed by atoms with E-state index in [9.17, 15) is 13.2 Å². The number of benzene rings is 1. The van der Waals surface area contributed by atoms with Crippen molar-refractivity contribution in [3.8, 4) is 0 Å². The molecule has 0 saturated carbocycles. The Morgan fingerprint density at radius 1 is 1.23 bits per heavy atom. The maximum absolute atomic E-state index is 12.5. The van der Waals surface area contributed by atoms with Crippen molar-refractivity contribution in [3.05, 3.63) is 29.8 Å². The molecule has 170 valence electrons. The van der Waals surface area contributed by atoms with Gasteiger partial charge in [-0.1, -0.05) is 58.2 Å². The molecular weight excluding hydrogens is 400 g/mol. The number of esters is 1. The third-order valence-electron chi connectivity index (χ3n) is 6.32. The molecule has 0 radical (unpaired) electrons. The van der Waals surface area contributed by atoms with Crippen molar-refractivity contribution in [3.63, 3.8) is 0 Å². The van der Waals surface area contributed by atoms with Gasteiger partial charge in [0.2, 0.25) is 10.0 Å². The number of hydrogen-bond acceptors (Lipinski definition) is 5. The van der Waals surface area contributed by atoms with Gasteiger partial charge >= 0.3 is 5.97 Å². The van der Waals surface area contributed by atoms with Crippen LogP contribution in [0, 0.1) is 5.92 Å². The van der Waals surface area contributed by atoms with E-state index in [0.717, 1.165) is 31.6 Å². The van der Waals surface area contributed by atoms with Gasteiger partial charge in [0.1, 0.15) is 0 Å². The van der Waals surface area contributed by atoms with Crippen molar-refractivity contribution in [2.45, 2.75) is 65.2 Å². The average molecular weight is 439 g/mol. The van der Waals surface area contributed by atoms with Gasteiger partial charge < -0.3 is 9.64 Å². The van der Waals surface area contributed by atoms with Crippen LogP contribution in [-0.2, 0) is 25.0 Å². The minimum atomic E-state index is -3.82. The number of anilines is 1. The van der Waals surface area contributed by atoms with Crippen molar-refractivity contribution in [2.75, 3.05) is 36.7 Å². The molecule has 1 heterocycles. The number of carbonyl (C=O) groups is 1. The van der Waals surface area contributed by atoms with Crippen molar-refractivity contribution >= 4 is 21.7 Å². The fourth-order valence-corrected chi connectivity index (χ4v) is 5.29. The lowest BCUT2D eigenvalue weighted by Gasteiger charge is -2.45. The molecule has 6 nitrogen and oxygen atoms in total. The molecule has 2 atom stereocenters. The molecule has 30 heavy (non-hydrogen) atoms. The van der Waals surface area contributed by atoms with Gasteiger partial charge in [0.05, 0.1) is 12.3 Å². The topological polar surface area (TPSA) is 75.7 Å². The standard InChI is InChI=1S/C23H38N2O4S/c1-5-7-8-11-15-25-16-14-23(4,19(3)17-25)20-12-9-10-13-21(20)24-30(27,28)18-22(26)29-6-2/h9-10,12-13,19,24H,5-8,11,14-18H2,1-4H3/t19-,23-/m0/s1. The lowest BCUT2D eigenvalue weighted by atomic mass is 9.67. The number of nitrogens with one attached hydrogen (secondary N) is 1. The van der Waals surface area contributed by atoms with Crippen LogP contribution < -0.4 is 4.72 Å². The first kappa shape index (κ1) is 24.7. The summed E-state index contributed by atoms with van der Waals surface area (Å²) in [5.74, 6) is -1.03. The van der Waals surface area contributed by atoms with E-state index in [0.29, 0.717) is 11.6 Å². The van der Waals surface area contributed by atoms with Crippen LogP contribution in [0.4, 0.5) is 5.69 Å². The van der Waals surface area contributed by atoms with Gasteiger partial charge in [0.25, 0.3) is 0 Å². The van der Waals surface area contributed by atoms with Crippen molar-refractivity contribution < 1.29 is 17.9 Å². The molecule has 0 spiro atoms. The van der Waals surface area contributed by atoms with E-state index >= 15 is 0 Å². The predicted molar refractivity (Wildman–Crippen MR) is 122 cm³/mol. The number of nitrogens with zero attached hydrogens (tertiary/aromatic N) is 1. The van der Waals surface area contributed by atoms with Gasteiger partial charge in [0.15, 0.2) is 5.75 Å². The Morgan fingerprint density at radius 3 is 2.63 bits per heavy atom. The van der Waals surface area contributed by atoms with Gasteiger partial charge in [-0.15, -0.1) is 0 Å². The fourth-order valence-electron chi connectivity index (χ4n) is 4.31. The van der Waals surface area contributed by atoms with Crippen LogP contribution in [0.15, 0.2) is 24.3 Å². The lowest BCUT2D eigenvalue weighted by Crippen LogP contribution is -2.47. The highest BCUT2D eigenvalue weighted by Crippen LogP contribution is 2.42. The monoisotopic (exact) mass is 438 g/mol. The molecule has 2 rings (SSSR count). The molecule has 0 aromatic heterocycles. The maximum Gasteiger partial charge on any atom is 0.323 e. The van der Waals surface area contributed by atoms with Crippen molar-refractivity contribution in [1.29, 1.82) is 0 Å². The van der Waals surface area contributed by atoms with E-state index in [2.05, 4.69) is 30.4 Å². The number of piperidine rings is 1. The first-order valence-electron chi connectivity index (χ1n) is 11.2. The van der Waals surface area contributed by atoms with E-state index in [1.807, 2.05) is 18.2 Å². The van der Waals surface area contributed by atoms with Gasteiger partial charge in [0, 0.05) is 6.54 Å². The molecule has 7 heteroatoms. The second-order valence-corrected chi connectivity index (χ2v) is 10.4. The highest BCUT2D eigenvalue weighted by Gasteiger charge is 2.39. The van der Waals surface area contributed by atoms with Crippen molar-refractivity contribution in [2.24, 2.45) is 5.92 Å². The van der Waals surface area contributed by atoms with E-state index < -0.39 is 21.7 Å². The molecule has 1 aromatic rings. The van der Waals surface area contributed by atoms with Crippen molar-refractivity contribution in [1.82, 2.24) is 4.90 Å². The van der Waals surface area contributed by atoms with Gasteiger partial charge in [-0.3, -0.25) is 9.52 Å². The van der Waals surface area contributed by atoms with E-state index in [1.165, 1.54) is 25.7 Å². The third kappa shape index (κ3) is 6.71. The Balaban J connectivity index is 2.11. The van der Waals surface area contributed by atoms with Gasteiger partial charge in [-0.2, -0.15) is 0 Å². The first-order valence-corrected chi connectivity index (χ1v) is 12.8. The number of rotatable bonds is 11. The third-order valence-corrected chi connectivity index (χ3v) is 7.46. The highest BCUT2D eigenvalue weighted by molar-refractivity contribution is 7.93. The van der Waals surface area contributed by atoms with Crippen LogP contribution in [0.2, 0.25) is 0 Å². The molecule has 1 saturated heterocycles. The summed E-state index contributed by atoms with van der Waals surface area (Å²) >= 11 is 0. The highest BCUT2D eigenvalue weighted by atomic mass is 32.2. The van der Waals surface area contributed by atoms with Crippen LogP contribution in [0.5, 0.6) is 0 Å². The number of unbranched alkanes of at least 4 members (excludes halogenated alkanes) is 3. The molecule has 1 aliphatic rings. The van der Waals surface area contributed by atoms with Crippen LogP contribution in [0.3, 0.4) is 0 Å². The maximum atomic E-state index is 12.5. The Morgan fingerprint density at radius 2 is 1.97 bits per heavy atom. The molecular formula is C23H38N2O4S. The Bertz CT molecular complexity index is 796. The number of carbonyl (C=O) groups excluding carboxylic acids is 1. The minimum absolute atomic E-state index is 0.136. The normalized spacial score (nSPS) is 22.6. The Kier molecular flexibility index (Phi) is 9.16. The summed E-state index contributed by atoms with van der Waals surface area (Å²) in [5.41, 5.74) is 1.42. The summed E-state index contributed by atoms with van der Waals surface area (Å²) in [6, 6.07) is 7.57. The zero-order chi connectivity index (χ0) is 22.2. The summed E-state index contributed by atoms with van der Waals surface area (Å²) < 4.78 is 32.4. The predicted octanol–water partition coefficient (Wildman–Crippen LogP) is 4.17. The SMILES string of the molecule is CCCCCCN1CC[C@](C)(c2ccccc2NS(=O)(=O)CC(=O)OCC)[C@@H](C)C1. The molecule has 0 aliphatic carbocycles. The summed E-state index contributed by atoms with van der Waals surface area (Å²) in [7, 11) is -3.82. The largest absolute Gasteiger partial charge is 0.465 e. The zero-order valence-corrected chi connectivity index (χ0v) is 19.8. The molecule has 1 aromatic carbocycles. The summed E-state index contributed by atoms with van der Waals surface area (Å²) in [5, 5.41) is 0. The number of hydrogen-bond donors (Lipinski definition) is 1. The zero-order valence-electron chi connectivity index (χ0n) is 18.9. The summed E-state index contributed by atoms with van der Waals surface area (Å²) in [6.07, 6.45) is 6.03. The van der Waals surface area contributed by atoms with Gasteiger partial charge in [-0.25, -0.2) is 8.42 Å². The minimum Gasteiger partial charge on any atom is -0.465 e. The molecule has 1 N–H and O–H groups in total. The molecule has 0 amide bonds. The lowest BCUT2D eigenvalue weighted by molar-refractivity contribution is -0.139. The van der Waals surface area contributed by atoms with E-state index in [1.54, 1.807) is 13.0 Å². The second-order valence-electron chi connectivity index (χ2n) is 8.64. The van der Waals surface area contributed by atoms with E-state index in [-0.39, 0.29) is 12.0 Å².